The highest BCUT2D eigenvalue weighted by Crippen LogP contribution is 2.20. The third kappa shape index (κ3) is 4.05. The summed E-state index contributed by atoms with van der Waals surface area (Å²) >= 11 is 3.45. The maximum atomic E-state index is 12.0. The topological polar surface area (TPSA) is 41.1 Å². The fraction of sp³-hybridized carbons (Fsp3) is 0.312. The van der Waals surface area contributed by atoms with Gasteiger partial charge in [0.2, 0.25) is 0 Å². The minimum Gasteiger partial charge on any atom is -0.352 e. The summed E-state index contributed by atoms with van der Waals surface area (Å²) in [7, 11) is 0. The zero-order valence-corrected chi connectivity index (χ0v) is 13.2. The highest BCUT2D eigenvalue weighted by atomic mass is 79.9. The van der Waals surface area contributed by atoms with Crippen LogP contribution in [0.1, 0.15) is 23.7 Å². The molecule has 0 saturated carbocycles. The van der Waals surface area contributed by atoms with Crippen molar-refractivity contribution in [3.63, 3.8) is 0 Å². The second-order valence-corrected chi connectivity index (χ2v) is 5.58. The van der Waals surface area contributed by atoms with Crippen molar-refractivity contribution in [2.45, 2.75) is 13.3 Å². The molecule has 0 aromatic heterocycles. The van der Waals surface area contributed by atoms with E-state index in [-0.39, 0.29) is 5.91 Å². The number of carbonyl (C=O) groups excluding carboxylic acids is 1. The van der Waals surface area contributed by atoms with E-state index in [1.807, 2.05) is 36.4 Å². The Morgan fingerprint density at radius 1 is 1.10 bits per heavy atom. The van der Waals surface area contributed by atoms with E-state index >= 15 is 0 Å². The van der Waals surface area contributed by atoms with Crippen LogP contribution in [0.25, 0.3) is 10.8 Å². The van der Waals surface area contributed by atoms with Crippen molar-refractivity contribution in [1.29, 1.82) is 0 Å². The number of fused-ring (bicyclic) bond motifs is 1. The smallest absolute Gasteiger partial charge is 0.251 e. The first-order valence-corrected chi connectivity index (χ1v) is 7.68. The predicted molar refractivity (Wildman–Crippen MR) is 87.1 cm³/mol. The van der Waals surface area contributed by atoms with E-state index in [0.29, 0.717) is 12.1 Å². The first-order chi connectivity index (χ1) is 9.70. The lowest BCUT2D eigenvalue weighted by Gasteiger charge is -2.07. The summed E-state index contributed by atoms with van der Waals surface area (Å²) in [6, 6.07) is 11.8. The normalized spacial score (nSPS) is 10.7. The van der Waals surface area contributed by atoms with Gasteiger partial charge in [0.05, 0.1) is 0 Å². The van der Waals surface area contributed by atoms with Crippen LogP contribution >= 0.6 is 15.9 Å². The van der Waals surface area contributed by atoms with E-state index < -0.39 is 0 Å². The molecule has 2 N–H and O–H groups in total. The van der Waals surface area contributed by atoms with Crippen LogP contribution in [-0.4, -0.2) is 25.5 Å². The summed E-state index contributed by atoms with van der Waals surface area (Å²) < 4.78 is 1.05. The molecule has 0 bridgehead atoms. The lowest BCUT2D eigenvalue weighted by atomic mass is 10.1. The summed E-state index contributed by atoms with van der Waals surface area (Å²) in [4.78, 5) is 12.0. The van der Waals surface area contributed by atoms with E-state index in [4.69, 9.17) is 0 Å². The van der Waals surface area contributed by atoms with E-state index in [9.17, 15) is 4.79 Å². The van der Waals surface area contributed by atoms with Crippen LogP contribution in [0.3, 0.4) is 0 Å². The molecular formula is C16H19BrN2O. The van der Waals surface area contributed by atoms with Gasteiger partial charge in [-0.2, -0.15) is 0 Å². The average molecular weight is 335 g/mol. The Morgan fingerprint density at radius 2 is 1.85 bits per heavy atom. The molecule has 2 rings (SSSR count). The Hall–Kier alpha value is -1.39. The molecule has 0 atom stereocenters. The zero-order valence-electron chi connectivity index (χ0n) is 11.6. The van der Waals surface area contributed by atoms with Gasteiger partial charge in [-0.1, -0.05) is 35.0 Å². The van der Waals surface area contributed by atoms with Crippen LogP contribution in [0.15, 0.2) is 40.9 Å². The van der Waals surface area contributed by atoms with Gasteiger partial charge in [-0.05, 0) is 54.5 Å². The number of rotatable bonds is 6. The third-order valence-electron chi connectivity index (χ3n) is 3.13. The van der Waals surface area contributed by atoms with Crippen LogP contribution in [-0.2, 0) is 0 Å². The predicted octanol–water partition coefficient (Wildman–Crippen LogP) is 3.33. The van der Waals surface area contributed by atoms with Crippen molar-refractivity contribution in [2.24, 2.45) is 0 Å². The van der Waals surface area contributed by atoms with Gasteiger partial charge in [0, 0.05) is 16.6 Å². The first kappa shape index (κ1) is 15.0. The largest absolute Gasteiger partial charge is 0.352 e. The van der Waals surface area contributed by atoms with Gasteiger partial charge in [0.25, 0.3) is 5.91 Å². The molecule has 2 aromatic carbocycles. The van der Waals surface area contributed by atoms with Crippen LogP contribution in [0.5, 0.6) is 0 Å². The minimum atomic E-state index is -0.00804. The lowest BCUT2D eigenvalue weighted by molar-refractivity contribution is 0.0953. The van der Waals surface area contributed by atoms with E-state index in [2.05, 4.69) is 33.5 Å². The number of hydrogen-bond acceptors (Lipinski definition) is 2. The number of amides is 1. The van der Waals surface area contributed by atoms with Crippen molar-refractivity contribution in [2.75, 3.05) is 19.6 Å². The standard InChI is InChI=1S/C16H19BrN2O/c1-2-18-8-3-9-19-16(20)14-5-4-13-11-15(17)7-6-12(13)10-14/h4-7,10-11,18H,2-3,8-9H2,1H3,(H,19,20). The first-order valence-electron chi connectivity index (χ1n) is 6.89. The number of hydrogen-bond donors (Lipinski definition) is 2. The van der Waals surface area contributed by atoms with Crippen molar-refractivity contribution >= 4 is 32.6 Å². The van der Waals surface area contributed by atoms with Gasteiger partial charge in [-0.15, -0.1) is 0 Å². The fourth-order valence-corrected chi connectivity index (χ4v) is 2.43. The highest BCUT2D eigenvalue weighted by Gasteiger charge is 2.05. The summed E-state index contributed by atoms with van der Waals surface area (Å²) in [6.45, 7) is 4.67. The molecule has 0 fully saturated rings. The number of benzene rings is 2. The van der Waals surface area contributed by atoms with Crippen LogP contribution < -0.4 is 10.6 Å². The Balaban J connectivity index is 1.98. The molecule has 0 aliphatic rings. The Labute approximate surface area is 127 Å². The Kier molecular flexibility index (Phi) is 5.56. The zero-order chi connectivity index (χ0) is 14.4. The quantitative estimate of drug-likeness (QED) is 0.795. The van der Waals surface area contributed by atoms with Crippen molar-refractivity contribution in [3.05, 3.63) is 46.4 Å². The minimum absolute atomic E-state index is 0.00804. The lowest BCUT2D eigenvalue weighted by Crippen LogP contribution is -2.27. The van der Waals surface area contributed by atoms with Gasteiger partial charge >= 0.3 is 0 Å². The summed E-state index contributed by atoms with van der Waals surface area (Å²) in [5, 5.41) is 8.39. The molecule has 0 heterocycles. The average Bonchev–Trinajstić information content (AvgIpc) is 2.46. The number of nitrogens with one attached hydrogen (secondary N) is 2. The highest BCUT2D eigenvalue weighted by molar-refractivity contribution is 9.10. The molecule has 0 aliphatic carbocycles. The molecule has 0 spiro atoms. The molecule has 20 heavy (non-hydrogen) atoms. The molecule has 4 heteroatoms. The number of carbonyl (C=O) groups is 1. The van der Waals surface area contributed by atoms with Gasteiger partial charge in [-0.3, -0.25) is 4.79 Å². The van der Waals surface area contributed by atoms with Gasteiger partial charge < -0.3 is 10.6 Å². The fourth-order valence-electron chi connectivity index (χ4n) is 2.05. The summed E-state index contributed by atoms with van der Waals surface area (Å²) in [5.41, 5.74) is 0.711. The van der Waals surface area contributed by atoms with Crippen LogP contribution in [0.4, 0.5) is 0 Å². The second-order valence-electron chi connectivity index (χ2n) is 4.67. The van der Waals surface area contributed by atoms with Crippen LogP contribution in [0, 0.1) is 0 Å². The monoisotopic (exact) mass is 334 g/mol. The molecule has 3 nitrogen and oxygen atoms in total. The van der Waals surface area contributed by atoms with Crippen molar-refractivity contribution < 1.29 is 4.79 Å². The Bertz CT molecular complexity index is 598. The van der Waals surface area contributed by atoms with E-state index in [1.165, 1.54) is 0 Å². The van der Waals surface area contributed by atoms with E-state index in [0.717, 1.165) is 34.8 Å². The molecule has 2 aromatic rings. The van der Waals surface area contributed by atoms with Crippen molar-refractivity contribution in [3.8, 4) is 0 Å². The van der Waals surface area contributed by atoms with Gasteiger partial charge in [0.15, 0.2) is 0 Å². The molecule has 0 aliphatic heterocycles. The summed E-state index contributed by atoms with van der Waals surface area (Å²) in [6.07, 6.45) is 0.945. The van der Waals surface area contributed by atoms with Gasteiger partial charge in [0.1, 0.15) is 0 Å². The van der Waals surface area contributed by atoms with Crippen molar-refractivity contribution in [1.82, 2.24) is 10.6 Å². The molecule has 0 radical (unpaired) electrons. The second kappa shape index (κ2) is 7.41. The maximum Gasteiger partial charge on any atom is 0.251 e. The maximum absolute atomic E-state index is 12.0. The summed E-state index contributed by atoms with van der Waals surface area (Å²) in [5.74, 6) is -0.00804. The Morgan fingerprint density at radius 3 is 2.65 bits per heavy atom. The third-order valence-corrected chi connectivity index (χ3v) is 3.62. The molecule has 0 unspecified atom stereocenters. The molecule has 1 amide bonds. The number of halogens is 1. The SMILES string of the molecule is CCNCCCNC(=O)c1ccc2cc(Br)ccc2c1. The molecular weight excluding hydrogens is 316 g/mol. The molecule has 0 saturated heterocycles. The van der Waals surface area contributed by atoms with Crippen LogP contribution in [0.2, 0.25) is 0 Å². The van der Waals surface area contributed by atoms with E-state index in [1.54, 1.807) is 0 Å². The van der Waals surface area contributed by atoms with Gasteiger partial charge in [-0.25, -0.2) is 0 Å². The molecule has 106 valence electrons.